The summed E-state index contributed by atoms with van der Waals surface area (Å²) in [6.45, 7) is 4.07. The zero-order chi connectivity index (χ0) is 21.0. The minimum atomic E-state index is -1.14. The van der Waals surface area contributed by atoms with Gasteiger partial charge in [0.05, 0.1) is 28.9 Å². The molecule has 1 heterocycles. The Hall–Kier alpha value is -3.25. The van der Waals surface area contributed by atoms with Crippen molar-refractivity contribution in [1.82, 2.24) is 4.57 Å². The number of nitrogens with one attached hydrogen (secondary N) is 1. The van der Waals surface area contributed by atoms with Gasteiger partial charge in [0.1, 0.15) is 5.75 Å². The summed E-state index contributed by atoms with van der Waals surface area (Å²) in [5, 5.41) is 13.0. The molecule has 0 amide bonds. The Kier molecular flexibility index (Phi) is 6.24. The van der Waals surface area contributed by atoms with Gasteiger partial charge in [0.25, 0.3) is 5.56 Å². The second kappa shape index (κ2) is 8.84. The first kappa shape index (κ1) is 20.5. The number of halogens is 1. The van der Waals surface area contributed by atoms with E-state index in [-0.39, 0.29) is 29.5 Å². The zero-order valence-corrected chi connectivity index (χ0v) is 16.8. The minimum Gasteiger partial charge on any atom is -0.489 e. The molecule has 0 aliphatic rings. The number of hydrogen-bond donors (Lipinski definition) is 2. The predicted octanol–water partition coefficient (Wildman–Crippen LogP) is 4.78. The standard InChI is InChI=1S/C22H21ClN2O4/c1-14(2)29-20-9-8-16(10-18(20)23)24-19-11-21(26)25(13-17(19)22(27)28)12-15-6-4-3-5-7-15/h3-11,13-14,24H,12H2,1-2H3,(H,27,28). The van der Waals surface area contributed by atoms with Crippen molar-refractivity contribution in [2.75, 3.05) is 5.32 Å². The van der Waals surface area contributed by atoms with Gasteiger partial charge in [-0.2, -0.15) is 0 Å². The summed E-state index contributed by atoms with van der Waals surface area (Å²) in [6, 6.07) is 15.7. The highest BCUT2D eigenvalue weighted by atomic mass is 35.5. The monoisotopic (exact) mass is 412 g/mol. The molecule has 7 heteroatoms. The number of rotatable bonds is 7. The minimum absolute atomic E-state index is 0.0147. The molecule has 0 fully saturated rings. The Morgan fingerprint density at radius 3 is 2.52 bits per heavy atom. The van der Waals surface area contributed by atoms with Crippen LogP contribution in [-0.2, 0) is 6.54 Å². The number of carbonyl (C=O) groups is 1. The van der Waals surface area contributed by atoms with E-state index in [1.165, 1.54) is 16.8 Å². The number of aromatic nitrogens is 1. The molecule has 3 aromatic rings. The van der Waals surface area contributed by atoms with Gasteiger partial charge in [-0.15, -0.1) is 0 Å². The van der Waals surface area contributed by atoms with Crippen molar-refractivity contribution in [3.05, 3.63) is 87.3 Å². The fraction of sp³-hybridized carbons (Fsp3) is 0.182. The van der Waals surface area contributed by atoms with Crippen molar-refractivity contribution in [2.24, 2.45) is 0 Å². The second-order valence-electron chi connectivity index (χ2n) is 6.79. The first-order valence-corrected chi connectivity index (χ1v) is 9.46. The molecule has 2 N–H and O–H groups in total. The Morgan fingerprint density at radius 1 is 1.17 bits per heavy atom. The Bertz CT molecular complexity index is 1080. The van der Waals surface area contributed by atoms with Gasteiger partial charge < -0.3 is 19.7 Å². The number of pyridine rings is 1. The third-order valence-corrected chi connectivity index (χ3v) is 4.42. The number of nitrogens with zero attached hydrogens (tertiary/aromatic N) is 1. The number of carboxylic acids is 1. The normalized spacial score (nSPS) is 10.8. The van der Waals surface area contributed by atoms with E-state index in [1.54, 1.807) is 18.2 Å². The SMILES string of the molecule is CC(C)Oc1ccc(Nc2cc(=O)n(Cc3ccccc3)cc2C(=O)O)cc1Cl. The van der Waals surface area contributed by atoms with Gasteiger partial charge in [-0.25, -0.2) is 4.79 Å². The molecule has 0 saturated heterocycles. The molecule has 0 aliphatic heterocycles. The van der Waals surface area contributed by atoms with Gasteiger partial charge in [0.15, 0.2) is 0 Å². The molecule has 29 heavy (non-hydrogen) atoms. The Balaban J connectivity index is 1.91. The lowest BCUT2D eigenvalue weighted by Gasteiger charge is -2.15. The van der Waals surface area contributed by atoms with Crippen LogP contribution in [0.5, 0.6) is 5.75 Å². The quantitative estimate of drug-likeness (QED) is 0.583. The fourth-order valence-corrected chi connectivity index (χ4v) is 3.06. The van der Waals surface area contributed by atoms with E-state index >= 15 is 0 Å². The number of anilines is 2. The van der Waals surface area contributed by atoms with E-state index in [0.717, 1.165) is 5.56 Å². The van der Waals surface area contributed by atoms with Gasteiger partial charge in [0, 0.05) is 18.0 Å². The molecule has 0 radical (unpaired) electrons. The highest BCUT2D eigenvalue weighted by molar-refractivity contribution is 6.32. The van der Waals surface area contributed by atoms with Crippen molar-refractivity contribution >= 4 is 28.9 Å². The number of benzene rings is 2. The van der Waals surface area contributed by atoms with E-state index in [1.807, 2.05) is 44.2 Å². The second-order valence-corrected chi connectivity index (χ2v) is 7.20. The summed E-state index contributed by atoms with van der Waals surface area (Å²) >= 11 is 6.24. The highest BCUT2D eigenvalue weighted by Gasteiger charge is 2.15. The molecule has 1 aromatic heterocycles. The molecule has 3 rings (SSSR count). The van der Waals surface area contributed by atoms with E-state index in [0.29, 0.717) is 16.5 Å². The number of aromatic carboxylic acids is 1. The van der Waals surface area contributed by atoms with E-state index in [2.05, 4.69) is 5.32 Å². The average Bonchev–Trinajstić information content (AvgIpc) is 2.66. The summed E-state index contributed by atoms with van der Waals surface area (Å²) in [6.07, 6.45) is 1.32. The van der Waals surface area contributed by atoms with Crippen molar-refractivity contribution in [3.8, 4) is 5.75 Å². The summed E-state index contributed by atoms with van der Waals surface area (Å²) in [5.41, 5.74) is 1.32. The average molecular weight is 413 g/mol. The van der Waals surface area contributed by atoms with Crippen LogP contribution in [0.3, 0.4) is 0 Å². The fourth-order valence-electron chi connectivity index (χ4n) is 2.83. The maximum absolute atomic E-state index is 12.5. The molecular formula is C22H21ClN2O4. The maximum atomic E-state index is 12.5. The van der Waals surface area contributed by atoms with E-state index in [4.69, 9.17) is 16.3 Å². The van der Waals surface area contributed by atoms with Crippen molar-refractivity contribution in [3.63, 3.8) is 0 Å². The third kappa shape index (κ3) is 5.18. The lowest BCUT2D eigenvalue weighted by atomic mass is 10.2. The van der Waals surface area contributed by atoms with Gasteiger partial charge >= 0.3 is 5.97 Å². The molecule has 0 bridgehead atoms. The molecular weight excluding hydrogens is 392 g/mol. The van der Waals surface area contributed by atoms with E-state index < -0.39 is 5.97 Å². The third-order valence-electron chi connectivity index (χ3n) is 4.13. The predicted molar refractivity (Wildman–Crippen MR) is 114 cm³/mol. The number of hydrogen-bond acceptors (Lipinski definition) is 4. The van der Waals surface area contributed by atoms with Crippen LogP contribution in [0, 0.1) is 0 Å². The van der Waals surface area contributed by atoms with Crippen LogP contribution in [0.25, 0.3) is 0 Å². The van der Waals surface area contributed by atoms with Crippen molar-refractivity contribution < 1.29 is 14.6 Å². The van der Waals surface area contributed by atoms with Crippen LogP contribution in [0.1, 0.15) is 29.8 Å². The summed E-state index contributed by atoms with van der Waals surface area (Å²) in [5.74, 6) is -0.607. The molecule has 0 atom stereocenters. The number of ether oxygens (including phenoxy) is 1. The molecule has 6 nitrogen and oxygen atoms in total. The van der Waals surface area contributed by atoms with Gasteiger partial charge in [-0.1, -0.05) is 41.9 Å². The molecule has 2 aromatic carbocycles. The largest absolute Gasteiger partial charge is 0.489 e. The Labute approximate surface area is 173 Å². The summed E-state index contributed by atoms with van der Waals surface area (Å²) in [7, 11) is 0. The molecule has 0 unspecified atom stereocenters. The van der Waals surface area contributed by atoms with Crippen LogP contribution in [-0.4, -0.2) is 21.7 Å². The summed E-state index contributed by atoms with van der Waals surface area (Å²) < 4.78 is 6.97. The van der Waals surface area contributed by atoms with Gasteiger partial charge in [-0.05, 0) is 37.6 Å². The van der Waals surface area contributed by atoms with Crippen molar-refractivity contribution in [1.29, 1.82) is 0 Å². The highest BCUT2D eigenvalue weighted by Crippen LogP contribution is 2.30. The Morgan fingerprint density at radius 2 is 1.90 bits per heavy atom. The van der Waals surface area contributed by atoms with E-state index in [9.17, 15) is 14.7 Å². The van der Waals surface area contributed by atoms with Crippen LogP contribution >= 0.6 is 11.6 Å². The maximum Gasteiger partial charge on any atom is 0.339 e. The summed E-state index contributed by atoms with van der Waals surface area (Å²) in [4.78, 5) is 24.3. The first-order valence-electron chi connectivity index (χ1n) is 9.08. The topological polar surface area (TPSA) is 80.6 Å². The zero-order valence-electron chi connectivity index (χ0n) is 16.1. The van der Waals surface area contributed by atoms with Crippen LogP contribution in [0.2, 0.25) is 5.02 Å². The molecule has 150 valence electrons. The number of carboxylic acid groups (broad SMARTS) is 1. The van der Waals surface area contributed by atoms with Gasteiger partial charge in [-0.3, -0.25) is 4.79 Å². The van der Waals surface area contributed by atoms with Crippen molar-refractivity contribution in [2.45, 2.75) is 26.5 Å². The van der Waals surface area contributed by atoms with Crippen LogP contribution < -0.4 is 15.6 Å². The molecule has 0 spiro atoms. The lowest BCUT2D eigenvalue weighted by Crippen LogP contribution is -2.22. The smallest absolute Gasteiger partial charge is 0.339 e. The molecule has 0 aliphatic carbocycles. The van der Waals surface area contributed by atoms with Crippen LogP contribution in [0.4, 0.5) is 11.4 Å². The van der Waals surface area contributed by atoms with Gasteiger partial charge in [0.2, 0.25) is 0 Å². The first-order chi connectivity index (χ1) is 13.8. The lowest BCUT2D eigenvalue weighted by molar-refractivity contribution is 0.0697. The van der Waals surface area contributed by atoms with Crippen LogP contribution in [0.15, 0.2) is 65.6 Å². The molecule has 0 saturated carbocycles.